The van der Waals surface area contributed by atoms with Crippen LogP contribution in [0, 0.1) is 0 Å². The Morgan fingerprint density at radius 1 is 1.30 bits per heavy atom. The number of nitrogens with zero attached hydrogens (tertiary/aromatic N) is 3. The van der Waals surface area contributed by atoms with E-state index in [0.717, 1.165) is 44.1 Å². The maximum atomic E-state index is 4.87. The molecule has 3 rings (SSSR count). The van der Waals surface area contributed by atoms with Crippen LogP contribution in [-0.2, 0) is 13.1 Å². The largest absolute Gasteiger partial charge is 0.364 e. The highest BCUT2D eigenvalue weighted by atomic mass is 127. The number of benzene rings is 1. The van der Waals surface area contributed by atoms with Crippen LogP contribution in [0.1, 0.15) is 37.9 Å². The van der Waals surface area contributed by atoms with E-state index in [-0.39, 0.29) is 24.0 Å². The molecule has 1 aliphatic rings. The molecular weight excluding hydrogens is 453 g/mol. The van der Waals surface area contributed by atoms with E-state index in [1.807, 2.05) is 6.07 Å². The topological polar surface area (TPSA) is 65.7 Å². The first kappa shape index (κ1) is 21.7. The third-order valence-corrected chi connectivity index (χ3v) is 4.82. The van der Waals surface area contributed by atoms with Crippen LogP contribution >= 0.6 is 24.0 Å². The van der Waals surface area contributed by atoms with E-state index in [2.05, 4.69) is 69.9 Å². The van der Waals surface area contributed by atoms with Gasteiger partial charge in [-0.05, 0) is 32.3 Å². The van der Waals surface area contributed by atoms with Crippen molar-refractivity contribution < 1.29 is 4.52 Å². The van der Waals surface area contributed by atoms with E-state index in [4.69, 9.17) is 4.52 Å². The molecule has 1 fully saturated rings. The van der Waals surface area contributed by atoms with Crippen LogP contribution < -0.4 is 10.6 Å². The first-order valence-electron chi connectivity index (χ1n) is 9.46. The van der Waals surface area contributed by atoms with Gasteiger partial charge in [-0.1, -0.05) is 35.5 Å². The van der Waals surface area contributed by atoms with E-state index in [1.165, 1.54) is 5.56 Å². The van der Waals surface area contributed by atoms with Crippen molar-refractivity contribution >= 4 is 29.9 Å². The van der Waals surface area contributed by atoms with Crippen LogP contribution in [-0.4, -0.2) is 41.2 Å². The second-order valence-electron chi connectivity index (χ2n) is 6.86. The molecule has 2 aromatic rings. The van der Waals surface area contributed by atoms with Crippen molar-refractivity contribution in [2.45, 2.75) is 51.9 Å². The van der Waals surface area contributed by atoms with Crippen LogP contribution in [0.5, 0.6) is 0 Å². The molecule has 1 saturated heterocycles. The van der Waals surface area contributed by atoms with Gasteiger partial charge in [0.2, 0.25) is 0 Å². The molecule has 6 nitrogen and oxygen atoms in total. The summed E-state index contributed by atoms with van der Waals surface area (Å²) in [6.45, 7) is 7.88. The van der Waals surface area contributed by atoms with E-state index in [1.54, 1.807) is 6.26 Å². The zero-order valence-corrected chi connectivity index (χ0v) is 18.4. The molecule has 0 radical (unpaired) electrons. The molecule has 0 spiro atoms. The van der Waals surface area contributed by atoms with Gasteiger partial charge in [0, 0.05) is 37.8 Å². The second kappa shape index (κ2) is 11.3. The van der Waals surface area contributed by atoms with Crippen LogP contribution in [0.15, 0.2) is 52.2 Å². The molecule has 1 aliphatic heterocycles. The van der Waals surface area contributed by atoms with Crippen molar-refractivity contribution in [2.75, 3.05) is 13.1 Å². The number of hydrogen-bond acceptors (Lipinski definition) is 4. The molecule has 7 heteroatoms. The molecule has 0 saturated carbocycles. The fourth-order valence-electron chi connectivity index (χ4n) is 3.40. The van der Waals surface area contributed by atoms with Gasteiger partial charge in [-0.15, -0.1) is 24.0 Å². The molecule has 2 unspecified atom stereocenters. The van der Waals surface area contributed by atoms with Gasteiger partial charge in [0.15, 0.2) is 5.96 Å². The fourth-order valence-corrected chi connectivity index (χ4v) is 3.40. The number of guanidine groups is 1. The number of aromatic nitrogens is 1. The lowest BCUT2D eigenvalue weighted by molar-refractivity contribution is 0.134. The zero-order chi connectivity index (χ0) is 18.2. The molecule has 148 valence electrons. The van der Waals surface area contributed by atoms with E-state index in [0.29, 0.717) is 18.6 Å². The highest BCUT2D eigenvalue weighted by Gasteiger charge is 2.25. The summed E-state index contributed by atoms with van der Waals surface area (Å²) < 4.78 is 4.87. The maximum Gasteiger partial charge on any atom is 0.191 e. The third-order valence-electron chi connectivity index (χ3n) is 4.82. The van der Waals surface area contributed by atoms with Crippen LogP contribution in [0.4, 0.5) is 0 Å². The molecular formula is C20H30IN5O. The van der Waals surface area contributed by atoms with E-state index in [9.17, 15) is 0 Å². The Morgan fingerprint density at radius 2 is 2.11 bits per heavy atom. The third kappa shape index (κ3) is 6.80. The van der Waals surface area contributed by atoms with Crippen LogP contribution in [0.2, 0.25) is 0 Å². The predicted octanol–water partition coefficient (Wildman–Crippen LogP) is 3.40. The smallest absolute Gasteiger partial charge is 0.191 e. The summed E-state index contributed by atoms with van der Waals surface area (Å²) >= 11 is 0. The maximum absolute atomic E-state index is 4.87. The molecule has 2 N–H and O–H groups in total. The minimum atomic E-state index is 0. The summed E-state index contributed by atoms with van der Waals surface area (Å²) in [4.78, 5) is 7.18. The Kier molecular flexibility index (Phi) is 9.06. The second-order valence-corrected chi connectivity index (χ2v) is 6.86. The average molecular weight is 483 g/mol. The summed E-state index contributed by atoms with van der Waals surface area (Å²) in [7, 11) is 0. The van der Waals surface area contributed by atoms with Crippen molar-refractivity contribution in [2.24, 2.45) is 4.99 Å². The Morgan fingerprint density at radius 3 is 2.78 bits per heavy atom. The summed E-state index contributed by atoms with van der Waals surface area (Å²) in [6.07, 6.45) is 3.81. The Balaban J connectivity index is 0.00000261. The predicted molar refractivity (Wildman–Crippen MR) is 119 cm³/mol. The monoisotopic (exact) mass is 483 g/mol. The summed E-state index contributed by atoms with van der Waals surface area (Å²) in [5.41, 5.74) is 2.22. The number of aliphatic imine (C=N–C) groups is 1. The number of rotatable bonds is 6. The van der Waals surface area contributed by atoms with Crippen LogP contribution in [0.25, 0.3) is 0 Å². The number of hydrogen-bond donors (Lipinski definition) is 2. The summed E-state index contributed by atoms with van der Waals surface area (Å²) in [5, 5.41) is 10.8. The van der Waals surface area contributed by atoms with Gasteiger partial charge in [-0.2, -0.15) is 0 Å². The minimum Gasteiger partial charge on any atom is -0.364 e. The van der Waals surface area contributed by atoms with Crippen molar-refractivity contribution in [1.82, 2.24) is 20.7 Å². The first-order valence-corrected chi connectivity index (χ1v) is 9.46. The Hall–Kier alpha value is -1.61. The summed E-state index contributed by atoms with van der Waals surface area (Å²) in [5.74, 6) is 0.851. The average Bonchev–Trinajstić information content (AvgIpc) is 3.17. The summed E-state index contributed by atoms with van der Waals surface area (Å²) in [6, 6.07) is 13.5. The molecule has 27 heavy (non-hydrogen) atoms. The molecule has 1 aromatic heterocycles. The van der Waals surface area contributed by atoms with E-state index >= 15 is 0 Å². The molecule has 0 amide bonds. The number of halogens is 1. The van der Waals surface area contributed by atoms with Crippen LogP contribution in [0.3, 0.4) is 0 Å². The van der Waals surface area contributed by atoms with Crippen molar-refractivity contribution in [3.63, 3.8) is 0 Å². The van der Waals surface area contributed by atoms with Gasteiger partial charge < -0.3 is 15.2 Å². The molecule has 0 bridgehead atoms. The Labute approximate surface area is 178 Å². The SMILES string of the molecule is CCNC(=NCc1ccon1)NC1CCN(Cc2ccccc2)C(C)C1.I. The van der Waals surface area contributed by atoms with Gasteiger partial charge in [0.1, 0.15) is 12.0 Å². The Bertz CT molecular complexity index is 677. The van der Waals surface area contributed by atoms with Gasteiger partial charge in [-0.25, -0.2) is 4.99 Å². The quantitative estimate of drug-likeness (QED) is 0.375. The first-order chi connectivity index (χ1) is 12.7. The zero-order valence-electron chi connectivity index (χ0n) is 16.1. The van der Waals surface area contributed by atoms with Crippen molar-refractivity contribution in [1.29, 1.82) is 0 Å². The molecule has 1 aromatic carbocycles. The van der Waals surface area contributed by atoms with E-state index < -0.39 is 0 Å². The lowest BCUT2D eigenvalue weighted by Gasteiger charge is -2.38. The van der Waals surface area contributed by atoms with Crippen molar-refractivity contribution in [3.05, 3.63) is 53.9 Å². The van der Waals surface area contributed by atoms with Gasteiger partial charge in [-0.3, -0.25) is 4.90 Å². The lowest BCUT2D eigenvalue weighted by Crippen LogP contribution is -2.51. The lowest BCUT2D eigenvalue weighted by atomic mass is 9.97. The highest BCUT2D eigenvalue weighted by Crippen LogP contribution is 2.20. The molecule has 0 aliphatic carbocycles. The number of nitrogens with one attached hydrogen (secondary N) is 2. The molecule has 2 heterocycles. The van der Waals surface area contributed by atoms with Gasteiger partial charge >= 0.3 is 0 Å². The van der Waals surface area contributed by atoms with Gasteiger partial charge in [0.05, 0.1) is 6.54 Å². The molecule has 2 atom stereocenters. The number of likely N-dealkylation sites (tertiary alicyclic amines) is 1. The fraction of sp³-hybridized carbons (Fsp3) is 0.500. The van der Waals surface area contributed by atoms with Crippen molar-refractivity contribution in [3.8, 4) is 0 Å². The highest BCUT2D eigenvalue weighted by molar-refractivity contribution is 14.0. The standard InChI is InChI=1S/C20H29N5O.HI/c1-3-21-20(22-14-19-10-12-26-24-19)23-18-9-11-25(16(2)13-18)15-17-7-5-4-6-8-17;/h4-8,10,12,16,18H,3,9,11,13-15H2,1-2H3,(H2,21,22,23);1H. The number of piperidine rings is 1. The normalized spacial score (nSPS) is 20.7. The minimum absolute atomic E-state index is 0. The van der Waals surface area contributed by atoms with Gasteiger partial charge in [0.25, 0.3) is 0 Å².